The Hall–Kier alpha value is -2.11. The van der Waals surface area contributed by atoms with Crippen LogP contribution in [0.15, 0.2) is 6.07 Å². The summed E-state index contributed by atoms with van der Waals surface area (Å²) in [5.41, 5.74) is 3.43. The van der Waals surface area contributed by atoms with Crippen molar-refractivity contribution in [3.63, 3.8) is 0 Å². The van der Waals surface area contributed by atoms with E-state index in [9.17, 15) is 9.59 Å². The summed E-state index contributed by atoms with van der Waals surface area (Å²) in [4.78, 5) is 32.4. The van der Waals surface area contributed by atoms with Crippen LogP contribution in [-0.4, -0.2) is 52.9 Å². The number of urea groups is 1. The second kappa shape index (κ2) is 6.98. The normalized spacial score (nSPS) is 15.3. The highest BCUT2D eigenvalue weighted by atomic mass is 16.2. The van der Waals surface area contributed by atoms with E-state index in [0.717, 1.165) is 29.2 Å². The van der Waals surface area contributed by atoms with E-state index < -0.39 is 0 Å². The summed E-state index contributed by atoms with van der Waals surface area (Å²) in [6, 6.07) is 1.70. The zero-order valence-electron chi connectivity index (χ0n) is 14.6. The van der Waals surface area contributed by atoms with E-state index in [4.69, 9.17) is 0 Å². The molecule has 0 unspecified atom stereocenters. The van der Waals surface area contributed by atoms with Crippen LogP contribution in [0.5, 0.6) is 0 Å². The summed E-state index contributed by atoms with van der Waals surface area (Å²) in [6.07, 6.45) is 0. The molecule has 1 aliphatic rings. The van der Waals surface area contributed by atoms with Crippen LogP contribution in [0.3, 0.4) is 0 Å². The minimum Gasteiger partial charge on any atom is -0.339 e. The molecule has 0 bridgehead atoms. The zero-order chi connectivity index (χ0) is 17.1. The van der Waals surface area contributed by atoms with Crippen molar-refractivity contribution in [1.29, 1.82) is 0 Å². The number of aryl methyl sites for hydroxylation is 3. The van der Waals surface area contributed by atoms with Gasteiger partial charge in [-0.15, -0.1) is 0 Å². The number of nitrogens with one attached hydrogen (secondary N) is 1. The van der Waals surface area contributed by atoms with Crippen LogP contribution in [0.25, 0.3) is 0 Å². The Labute approximate surface area is 137 Å². The van der Waals surface area contributed by atoms with Crippen LogP contribution < -0.4 is 5.32 Å². The second-order valence-corrected chi connectivity index (χ2v) is 6.63. The third kappa shape index (κ3) is 4.21. The number of amides is 3. The smallest absolute Gasteiger partial charge is 0.322 e. The number of hydrogen-bond donors (Lipinski definition) is 1. The van der Waals surface area contributed by atoms with Crippen molar-refractivity contribution in [2.24, 2.45) is 5.92 Å². The van der Waals surface area contributed by atoms with E-state index in [-0.39, 0.29) is 18.5 Å². The molecule has 0 saturated carbocycles. The van der Waals surface area contributed by atoms with Gasteiger partial charge in [0.1, 0.15) is 6.54 Å². The van der Waals surface area contributed by atoms with Gasteiger partial charge in [0.05, 0.1) is 11.4 Å². The van der Waals surface area contributed by atoms with Gasteiger partial charge in [0, 0.05) is 25.3 Å². The van der Waals surface area contributed by atoms with Gasteiger partial charge in [-0.2, -0.15) is 0 Å². The van der Waals surface area contributed by atoms with Crippen LogP contribution in [-0.2, 0) is 4.79 Å². The van der Waals surface area contributed by atoms with Gasteiger partial charge < -0.3 is 15.1 Å². The van der Waals surface area contributed by atoms with E-state index in [2.05, 4.69) is 24.1 Å². The molecule has 0 radical (unpaired) electrons. The maximum Gasteiger partial charge on any atom is 0.322 e. The molecule has 1 fully saturated rings. The molecule has 1 aromatic rings. The van der Waals surface area contributed by atoms with Gasteiger partial charge in [0.2, 0.25) is 5.91 Å². The first-order chi connectivity index (χ1) is 10.8. The molecule has 1 aliphatic heterocycles. The third-order valence-corrected chi connectivity index (χ3v) is 3.95. The number of carbonyl (C=O) groups excluding carboxylic acids is 2. The lowest BCUT2D eigenvalue weighted by Crippen LogP contribution is -2.54. The lowest BCUT2D eigenvalue weighted by molar-refractivity contribution is -0.135. The van der Waals surface area contributed by atoms with Gasteiger partial charge in [-0.25, -0.2) is 4.79 Å². The van der Waals surface area contributed by atoms with Crippen molar-refractivity contribution in [1.82, 2.24) is 14.8 Å². The maximum absolute atomic E-state index is 12.4. The second-order valence-electron chi connectivity index (χ2n) is 6.63. The van der Waals surface area contributed by atoms with Gasteiger partial charge >= 0.3 is 6.03 Å². The molecule has 6 heteroatoms. The lowest BCUT2D eigenvalue weighted by atomic mass is 10.1. The minimum atomic E-state index is -0.237. The number of hydrogen-bond acceptors (Lipinski definition) is 3. The molecule has 2 rings (SSSR count). The third-order valence-electron chi connectivity index (χ3n) is 3.95. The molecule has 2 heterocycles. The molecule has 126 valence electrons. The summed E-state index contributed by atoms with van der Waals surface area (Å²) in [6.45, 7) is 12.0. The van der Waals surface area contributed by atoms with Gasteiger partial charge in [-0.3, -0.25) is 9.78 Å². The number of anilines is 1. The molecular weight excluding hydrogens is 292 g/mol. The number of piperazine rings is 1. The first-order valence-electron chi connectivity index (χ1n) is 8.06. The summed E-state index contributed by atoms with van der Waals surface area (Å²) in [5.74, 6) is 0.443. The van der Waals surface area contributed by atoms with Crippen molar-refractivity contribution >= 4 is 17.6 Å². The predicted molar refractivity (Wildman–Crippen MR) is 90.5 cm³/mol. The summed E-state index contributed by atoms with van der Waals surface area (Å²) in [5, 5.41) is 2.91. The molecular formula is C17H26N4O2. The highest BCUT2D eigenvalue weighted by Crippen LogP contribution is 2.20. The van der Waals surface area contributed by atoms with Crippen molar-refractivity contribution in [2.45, 2.75) is 34.6 Å². The predicted octanol–water partition coefficient (Wildman–Crippen LogP) is 2.34. The topological polar surface area (TPSA) is 65.5 Å². The fourth-order valence-corrected chi connectivity index (χ4v) is 2.91. The highest BCUT2D eigenvalue weighted by molar-refractivity contribution is 5.94. The number of nitrogens with zero attached hydrogens (tertiary/aromatic N) is 3. The summed E-state index contributed by atoms with van der Waals surface area (Å²) >= 11 is 0. The van der Waals surface area contributed by atoms with Gasteiger partial charge in [0.15, 0.2) is 0 Å². The minimum absolute atomic E-state index is 0.00979. The molecule has 23 heavy (non-hydrogen) atoms. The number of rotatable bonds is 3. The molecule has 0 aromatic carbocycles. The average Bonchev–Trinajstić information content (AvgIpc) is 2.44. The Bertz CT molecular complexity index is 590. The summed E-state index contributed by atoms with van der Waals surface area (Å²) < 4.78 is 0. The molecule has 6 nitrogen and oxygen atoms in total. The van der Waals surface area contributed by atoms with Crippen molar-refractivity contribution in [2.75, 3.05) is 31.5 Å². The van der Waals surface area contributed by atoms with Crippen molar-refractivity contribution in [3.05, 3.63) is 23.0 Å². The monoisotopic (exact) mass is 318 g/mol. The average molecular weight is 318 g/mol. The van der Waals surface area contributed by atoms with E-state index in [1.807, 2.05) is 31.7 Å². The molecule has 3 amide bonds. The van der Waals surface area contributed by atoms with E-state index in [0.29, 0.717) is 19.0 Å². The SMILES string of the molecule is Cc1cc(C)c(NC(=O)N2CCN(CC(C)C)C(=O)C2)c(C)n1. The number of aromatic nitrogens is 1. The van der Waals surface area contributed by atoms with E-state index in [1.54, 1.807) is 4.90 Å². The van der Waals surface area contributed by atoms with Gasteiger partial charge in [-0.1, -0.05) is 13.8 Å². The fraction of sp³-hybridized carbons (Fsp3) is 0.588. The Morgan fingerprint density at radius 1 is 1.30 bits per heavy atom. The Balaban J connectivity index is 2.02. The number of pyridine rings is 1. The quantitative estimate of drug-likeness (QED) is 0.930. The number of carbonyl (C=O) groups is 2. The van der Waals surface area contributed by atoms with Crippen LogP contribution in [0, 0.1) is 26.7 Å². The van der Waals surface area contributed by atoms with E-state index in [1.165, 1.54) is 0 Å². The largest absolute Gasteiger partial charge is 0.339 e. The Morgan fingerprint density at radius 3 is 2.57 bits per heavy atom. The molecule has 1 aromatic heterocycles. The van der Waals surface area contributed by atoms with Crippen LogP contribution >= 0.6 is 0 Å². The standard InChI is InChI=1S/C17H26N4O2/c1-11(2)9-20-6-7-21(10-15(20)22)17(23)19-16-12(3)8-13(4)18-14(16)5/h8,11H,6-7,9-10H2,1-5H3,(H,19,23). The van der Waals surface area contributed by atoms with Crippen LogP contribution in [0.4, 0.5) is 10.5 Å². The lowest BCUT2D eigenvalue weighted by Gasteiger charge is -2.35. The summed E-state index contributed by atoms with van der Waals surface area (Å²) in [7, 11) is 0. The highest BCUT2D eigenvalue weighted by Gasteiger charge is 2.27. The molecule has 0 spiro atoms. The van der Waals surface area contributed by atoms with Gasteiger partial charge in [-0.05, 0) is 38.3 Å². The van der Waals surface area contributed by atoms with Crippen molar-refractivity contribution in [3.8, 4) is 0 Å². The first kappa shape index (κ1) is 17.2. The molecule has 0 aliphatic carbocycles. The Morgan fingerprint density at radius 2 is 2.00 bits per heavy atom. The first-order valence-corrected chi connectivity index (χ1v) is 8.06. The van der Waals surface area contributed by atoms with E-state index >= 15 is 0 Å². The van der Waals surface area contributed by atoms with Crippen molar-refractivity contribution < 1.29 is 9.59 Å². The molecule has 1 N–H and O–H groups in total. The zero-order valence-corrected chi connectivity index (χ0v) is 14.6. The van der Waals surface area contributed by atoms with Gasteiger partial charge in [0.25, 0.3) is 0 Å². The molecule has 0 atom stereocenters. The van der Waals surface area contributed by atoms with Crippen LogP contribution in [0.2, 0.25) is 0 Å². The maximum atomic E-state index is 12.4. The Kier molecular flexibility index (Phi) is 5.23. The fourth-order valence-electron chi connectivity index (χ4n) is 2.91. The molecule has 1 saturated heterocycles. The van der Waals surface area contributed by atoms with Crippen LogP contribution in [0.1, 0.15) is 30.8 Å².